The van der Waals surface area contributed by atoms with E-state index in [0.717, 1.165) is 5.56 Å². The van der Waals surface area contributed by atoms with Crippen molar-refractivity contribution in [1.82, 2.24) is 10.2 Å². The second kappa shape index (κ2) is 11.4. The quantitative estimate of drug-likeness (QED) is 0.631. The summed E-state index contributed by atoms with van der Waals surface area (Å²) in [6.45, 7) is 1.57. The Morgan fingerprint density at radius 2 is 1.61 bits per heavy atom. The minimum absolute atomic E-state index is 0.183. The summed E-state index contributed by atoms with van der Waals surface area (Å²) in [5.74, 6) is -0.736. The topological polar surface area (TPSA) is 84.9 Å². The average molecular weight is 384 g/mol. The van der Waals surface area contributed by atoms with Crippen LogP contribution in [0.5, 0.6) is 5.75 Å². The predicted octanol–water partition coefficient (Wildman–Crippen LogP) is 1.77. The highest BCUT2D eigenvalue weighted by Gasteiger charge is 2.19. The number of hydrogen-bond acceptors (Lipinski definition) is 5. The number of benzene rings is 2. The summed E-state index contributed by atoms with van der Waals surface area (Å²) in [6.07, 6.45) is 0. The maximum Gasteiger partial charge on any atom is 0.325 e. The fraction of sp³-hybridized carbons (Fsp3) is 0.286. The second-order valence-electron chi connectivity index (χ2n) is 5.92. The van der Waals surface area contributed by atoms with E-state index in [0.29, 0.717) is 5.75 Å². The number of rotatable bonds is 10. The van der Waals surface area contributed by atoms with Gasteiger partial charge in [0.05, 0.1) is 13.2 Å². The molecular formula is C21H24N2O5. The lowest BCUT2D eigenvalue weighted by molar-refractivity contribution is -0.149. The van der Waals surface area contributed by atoms with E-state index < -0.39 is 11.9 Å². The summed E-state index contributed by atoms with van der Waals surface area (Å²) in [6, 6.07) is 18.2. The first-order chi connectivity index (χ1) is 13.6. The molecule has 2 amide bonds. The van der Waals surface area contributed by atoms with Crippen LogP contribution in [0.3, 0.4) is 0 Å². The van der Waals surface area contributed by atoms with Crippen LogP contribution < -0.4 is 10.1 Å². The van der Waals surface area contributed by atoms with E-state index in [-0.39, 0.29) is 38.8 Å². The van der Waals surface area contributed by atoms with Gasteiger partial charge < -0.3 is 19.7 Å². The van der Waals surface area contributed by atoms with Crippen molar-refractivity contribution in [3.05, 3.63) is 66.2 Å². The third-order valence-corrected chi connectivity index (χ3v) is 3.74. The van der Waals surface area contributed by atoms with Crippen molar-refractivity contribution >= 4 is 17.8 Å². The molecule has 0 atom stereocenters. The zero-order chi connectivity index (χ0) is 20.2. The average Bonchev–Trinajstić information content (AvgIpc) is 2.71. The van der Waals surface area contributed by atoms with Crippen LogP contribution in [-0.4, -0.2) is 49.0 Å². The van der Waals surface area contributed by atoms with E-state index in [1.54, 1.807) is 31.2 Å². The lowest BCUT2D eigenvalue weighted by Gasteiger charge is -2.22. The molecule has 148 valence electrons. The van der Waals surface area contributed by atoms with E-state index in [2.05, 4.69) is 5.32 Å². The van der Waals surface area contributed by atoms with Crippen LogP contribution in [0.2, 0.25) is 0 Å². The molecule has 0 aliphatic carbocycles. The van der Waals surface area contributed by atoms with Crippen molar-refractivity contribution < 1.29 is 23.9 Å². The molecule has 2 rings (SSSR count). The number of para-hydroxylation sites is 1. The Balaban J connectivity index is 1.87. The Hall–Kier alpha value is -3.35. The summed E-state index contributed by atoms with van der Waals surface area (Å²) in [5.41, 5.74) is 0.874. The summed E-state index contributed by atoms with van der Waals surface area (Å²) >= 11 is 0. The maximum atomic E-state index is 12.5. The van der Waals surface area contributed by atoms with Gasteiger partial charge in [-0.3, -0.25) is 14.4 Å². The number of nitrogens with zero attached hydrogens (tertiary/aromatic N) is 1. The highest BCUT2D eigenvalue weighted by molar-refractivity contribution is 5.87. The van der Waals surface area contributed by atoms with E-state index in [9.17, 15) is 14.4 Å². The van der Waals surface area contributed by atoms with Crippen molar-refractivity contribution in [2.24, 2.45) is 0 Å². The minimum atomic E-state index is -0.495. The van der Waals surface area contributed by atoms with Crippen molar-refractivity contribution in [2.75, 3.05) is 26.3 Å². The van der Waals surface area contributed by atoms with Crippen molar-refractivity contribution in [1.29, 1.82) is 0 Å². The third kappa shape index (κ3) is 7.49. The van der Waals surface area contributed by atoms with Gasteiger partial charge in [-0.1, -0.05) is 48.5 Å². The maximum absolute atomic E-state index is 12.5. The molecule has 0 heterocycles. The van der Waals surface area contributed by atoms with Crippen LogP contribution >= 0.6 is 0 Å². The van der Waals surface area contributed by atoms with Gasteiger partial charge in [0.15, 0.2) is 6.61 Å². The standard InChI is InChI=1S/C21H24N2O5/c1-2-27-21(26)15-23(14-17-9-5-3-6-10-17)20(25)13-22-19(24)16-28-18-11-7-4-8-12-18/h3-12H,2,13-16H2,1H3,(H,22,24). The molecule has 0 aromatic heterocycles. The van der Waals surface area contributed by atoms with Crippen LogP contribution in [-0.2, 0) is 25.7 Å². The Labute approximate surface area is 164 Å². The van der Waals surface area contributed by atoms with Gasteiger partial charge in [-0.25, -0.2) is 0 Å². The number of esters is 1. The zero-order valence-corrected chi connectivity index (χ0v) is 15.8. The first-order valence-electron chi connectivity index (χ1n) is 9.00. The smallest absolute Gasteiger partial charge is 0.325 e. The number of nitrogens with one attached hydrogen (secondary N) is 1. The van der Waals surface area contributed by atoms with Crippen LogP contribution in [0.15, 0.2) is 60.7 Å². The van der Waals surface area contributed by atoms with Crippen LogP contribution in [0.4, 0.5) is 0 Å². The molecule has 7 heteroatoms. The van der Waals surface area contributed by atoms with Crippen molar-refractivity contribution in [2.45, 2.75) is 13.5 Å². The highest BCUT2D eigenvalue weighted by atomic mass is 16.5. The van der Waals surface area contributed by atoms with Gasteiger partial charge in [0.25, 0.3) is 5.91 Å². The van der Waals surface area contributed by atoms with E-state index >= 15 is 0 Å². The molecule has 0 saturated heterocycles. The number of carbonyl (C=O) groups is 3. The summed E-state index contributed by atoms with van der Waals surface area (Å²) in [7, 11) is 0. The molecule has 7 nitrogen and oxygen atoms in total. The van der Waals surface area contributed by atoms with Crippen molar-refractivity contribution in [3.8, 4) is 5.75 Å². The molecule has 0 bridgehead atoms. The molecule has 0 radical (unpaired) electrons. The molecule has 2 aromatic rings. The van der Waals surface area contributed by atoms with Gasteiger partial charge in [0.2, 0.25) is 5.91 Å². The van der Waals surface area contributed by atoms with Crippen LogP contribution in [0, 0.1) is 0 Å². The van der Waals surface area contributed by atoms with Gasteiger partial charge in [-0.05, 0) is 24.6 Å². The lowest BCUT2D eigenvalue weighted by Crippen LogP contribution is -2.43. The fourth-order valence-corrected chi connectivity index (χ4v) is 2.40. The number of amides is 2. The Bertz CT molecular complexity index is 765. The molecular weight excluding hydrogens is 360 g/mol. The minimum Gasteiger partial charge on any atom is -0.484 e. The summed E-state index contributed by atoms with van der Waals surface area (Å²) in [4.78, 5) is 37.6. The molecule has 2 aromatic carbocycles. The number of ether oxygens (including phenoxy) is 2. The van der Waals surface area contributed by atoms with Gasteiger partial charge in [-0.15, -0.1) is 0 Å². The van der Waals surface area contributed by atoms with E-state index in [1.807, 2.05) is 36.4 Å². The molecule has 0 saturated carbocycles. The van der Waals surface area contributed by atoms with Crippen LogP contribution in [0.1, 0.15) is 12.5 Å². The van der Waals surface area contributed by atoms with E-state index in [4.69, 9.17) is 9.47 Å². The molecule has 28 heavy (non-hydrogen) atoms. The first-order valence-corrected chi connectivity index (χ1v) is 9.00. The lowest BCUT2D eigenvalue weighted by atomic mass is 10.2. The zero-order valence-electron chi connectivity index (χ0n) is 15.8. The van der Waals surface area contributed by atoms with Gasteiger partial charge in [0, 0.05) is 6.54 Å². The normalized spacial score (nSPS) is 10.0. The molecule has 0 aliphatic rings. The molecule has 0 aliphatic heterocycles. The third-order valence-electron chi connectivity index (χ3n) is 3.74. The fourth-order valence-electron chi connectivity index (χ4n) is 2.40. The monoisotopic (exact) mass is 384 g/mol. The van der Waals surface area contributed by atoms with Gasteiger partial charge >= 0.3 is 5.97 Å². The van der Waals surface area contributed by atoms with Gasteiger partial charge in [-0.2, -0.15) is 0 Å². The van der Waals surface area contributed by atoms with Crippen molar-refractivity contribution in [3.63, 3.8) is 0 Å². The Morgan fingerprint density at radius 3 is 2.25 bits per heavy atom. The molecule has 0 fully saturated rings. The first kappa shape index (κ1) is 21.0. The Kier molecular flexibility index (Phi) is 8.52. The summed E-state index contributed by atoms with van der Waals surface area (Å²) < 4.78 is 10.3. The van der Waals surface area contributed by atoms with E-state index in [1.165, 1.54) is 4.90 Å². The molecule has 0 unspecified atom stereocenters. The van der Waals surface area contributed by atoms with Crippen LogP contribution in [0.25, 0.3) is 0 Å². The van der Waals surface area contributed by atoms with Gasteiger partial charge in [0.1, 0.15) is 12.3 Å². The molecule has 0 spiro atoms. The Morgan fingerprint density at radius 1 is 0.964 bits per heavy atom. The number of hydrogen-bond donors (Lipinski definition) is 1. The SMILES string of the molecule is CCOC(=O)CN(Cc1ccccc1)C(=O)CNC(=O)COc1ccccc1. The number of carbonyl (C=O) groups excluding carboxylic acids is 3. The summed E-state index contributed by atoms with van der Waals surface area (Å²) in [5, 5.41) is 2.52. The highest BCUT2D eigenvalue weighted by Crippen LogP contribution is 2.08. The largest absolute Gasteiger partial charge is 0.484 e. The predicted molar refractivity (Wildman–Crippen MR) is 103 cm³/mol. The second-order valence-corrected chi connectivity index (χ2v) is 5.92. The molecule has 1 N–H and O–H groups in total.